The smallest absolute Gasteiger partial charge is 0.101 e. The van der Waals surface area contributed by atoms with Crippen LogP contribution in [0.1, 0.15) is 37.7 Å². The first kappa shape index (κ1) is 12.8. The number of nitriles is 1. The van der Waals surface area contributed by atoms with Crippen LogP contribution >= 0.6 is 0 Å². The van der Waals surface area contributed by atoms with E-state index in [1.807, 2.05) is 12.1 Å². The van der Waals surface area contributed by atoms with E-state index in [0.29, 0.717) is 11.3 Å². The maximum Gasteiger partial charge on any atom is 0.101 e. The Balaban J connectivity index is 2.08. The van der Waals surface area contributed by atoms with Gasteiger partial charge in [0.15, 0.2) is 0 Å². The summed E-state index contributed by atoms with van der Waals surface area (Å²) in [5.41, 5.74) is 8.20. The quantitative estimate of drug-likeness (QED) is 0.830. The molecule has 0 bridgehead atoms. The zero-order valence-electron chi connectivity index (χ0n) is 11.0. The largest absolute Gasteiger partial charge is 0.396 e. The van der Waals surface area contributed by atoms with Crippen molar-refractivity contribution in [2.45, 2.75) is 32.1 Å². The molecule has 0 aliphatic heterocycles. The predicted octanol–water partition coefficient (Wildman–Crippen LogP) is 3.16. The van der Waals surface area contributed by atoms with Gasteiger partial charge in [0.1, 0.15) is 6.07 Å². The zero-order chi connectivity index (χ0) is 13.0. The molecule has 1 aromatic rings. The number of anilines is 2. The van der Waals surface area contributed by atoms with Gasteiger partial charge >= 0.3 is 0 Å². The lowest BCUT2D eigenvalue weighted by Crippen LogP contribution is -2.27. The van der Waals surface area contributed by atoms with Crippen LogP contribution in [0.25, 0.3) is 0 Å². The highest BCUT2D eigenvalue weighted by Crippen LogP contribution is 2.29. The third-order valence-corrected chi connectivity index (χ3v) is 3.87. The monoisotopic (exact) mass is 243 g/mol. The topological polar surface area (TPSA) is 53.0 Å². The Morgan fingerprint density at radius 1 is 1.33 bits per heavy atom. The molecule has 0 unspecified atom stereocenters. The fourth-order valence-corrected chi connectivity index (χ4v) is 2.84. The van der Waals surface area contributed by atoms with E-state index >= 15 is 0 Å². The molecule has 0 aromatic heterocycles. The van der Waals surface area contributed by atoms with Crippen LogP contribution in [-0.4, -0.2) is 13.6 Å². The van der Waals surface area contributed by atoms with Gasteiger partial charge in [-0.3, -0.25) is 0 Å². The Hall–Kier alpha value is -1.69. The molecule has 2 rings (SSSR count). The highest BCUT2D eigenvalue weighted by Gasteiger charge is 2.17. The van der Waals surface area contributed by atoms with Gasteiger partial charge in [-0.1, -0.05) is 25.3 Å². The van der Waals surface area contributed by atoms with Gasteiger partial charge in [-0.25, -0.2) is 0 Å². The summed E-state index contributed by atoms with van der Waals surface area (Å²) in [6.07, 6.45) is 6.73. The standard InChI is InChI=1S/C15H21N3/c1-18(11-12-6-3-2-4-7-12)14-9-5-8-13(10-16)15(14)17/h5,8-9,12H,2-4,6-7,11,17H2,1H3. The van der Waals surface area contributed by atoms with Gasteiger partial charge in [-0.2, -0.15) is 5.26 Å². The molecule has 1 aliphatic rings. The van der Waals surface area contributed by atoms with Crippen LogP contribution < -0.4 is 10.6 Å². The molecule has 0 spiro atoms. The molecular weight excluding hydrogens is 222 g/mol. The first-order valence-electron chi connectivity index (χ1n) is 6.72. The molecule has 0 heterocycles. The van der Waals surface area contributed by atoms with Crippen LogP contribution in [0.3, 0.4) is 0 Å². The second-order valence-electron chi connectivity index (χ2n) is 5.23. The Kier molecular flexibility index (Phi) is 4.09. The van der Waals surface area contributed by atoms with Crippen molar-refractivity contribution in [2.75, 3.05) is 24.2 Å². The van der Waals surface area contributed by atoms with Crippen molar-refractivity contribution < 1.29 is 0 Å². The van der Waals surface area contributed by atoms with Crippen LogP contribution in [0.2, 0.25) is 0 Å². The SMILES string of the molecule is CN(CC1CCCCC1)c1cccc(C#N)c1N. The minimum absolute atomic E-state index is 0.572. The lowest BCUT2D eigenvalue weighted by Gasteiger charge is -2.29. The summed E-state index contributed by atoms with van der Waals surface area (Å²) in [6, 6.07) is 7.82. The van der Waals surface area contributed by atoms with Crippen molar-refractivity contribution in [1.29, 1.82) is 5.26 Å². The Bertz CT molecular complexity index is 442. The minimum Gasteiger partial charge on any atom is -0.396 e. The van der Waals surface area contributed by atoms with E-state index in [1.165, 1.54) is 32.1 Å². The summed E-state index contributed by atoms with van der Waals surface area (Å²) >= 11 is 0. The molecule has 1 saturated carbocycles. The molecule has 0 amide bonds. The molecule has 0 radical (unpaired) electrons. The van der Waals surface area contributed by atoms with Crippen molar-refractivity contribution in [1.82, 2.24) is 0 Å². The Labute approximate surface area is 109 Å². The maximum absolute atomic E-state index is 9.00. The Morgan fingerprint density at radius 2 is 2.06 bits per heavy atom. The summed E-state index contributed by atoms with van der Waals surface area (Å²) in [6.45, 7) is 1.04. The molecule has 3 nitrogen and oxygen atoms in total. The van der Waals surface area contributed by atoms with E-state index in [2.05, 4.69) is 18.0 Å². The summed E-state index contributed by atoms with van der Waals surface area (Å²) in [5, 5.41) is 9.00. The second kappa shape index (κ2) is 5.77. The van der Waals surface area contributed by atoms with Crippen LogP contribution in [0.15, 0.2) is 18.2 Å². The van der Waals surface area contributed by atoms with Gasteiger partial charge in [0.2, 0.25) is 0 Å². The third kappa shape index (κ3) is 2.76. The molecule has 1 fully saturated rings. The highest BCUT2D eigenvalue weighted by molar-refractivity contribution is 5.73. The molecule has 2 N–H and O–H groups in total. The third-order valence-electron chi connectivity index (χ3n) is 3.87. The van der Waals surface area contributed by atoms with Crippen molar-refractivity contribution in [3.8, 4) is 6.07 Å². The summed E-state index contributed by atoms with van der Waals surface area (Å²) in [7, 11) is 2.07. The van der Waals surface area contributed by atoms with Crippen molar-refractivity contribution in [2.24, 2.45) is 5.92 Å². The number of rotatable bonds is 3. The predicted molar refractivity (Wildman–Crippen MR) is 75.4 cm³/mol. The van der Waals surface area contributed by atoms with Crippen molar-refractivity contribution >= 4 is 11.4 Å². The molecule has 0 atom stereocenters. The lowest BCUT2D eigenvalue weighted by atomic mass is 9.89. The van der Waals surface area contributed by atoms with E-state index < -0.39 is 0 Å². The normalized spacial score (nSPS) is 16.2. The van der Waals surface area contributed by atoms with Gasteiger partial charge in [0.05, 0.1) is 16.9 Å². The van der Waals surface area contributed by atoms with Gasteiger partial charge in [-0.15, -0.1) is 0 Å². The van der Waals surface area contributed by atoms with E-state index in [4.69, 9.17) is 11.0 Å². The van der Waals surface area contributed by atoms with Crippen LogP contribution in [0.4, 0.5) is 11.4 Å². The van der Waals surface area contributed by atoms with Crippen molar-refractivity contribution in [3.63, 3.8) is 0 Å². The number of hydrogen-bond acceptors (Lipinski definition) is 3. The van der Waals surface area contributed by atoms with Crippen molar-refractivity contribution in [3.05, 3.63) is 23.8 Å². The average molecular weight is 243 g/mol. The van der Waals surface area contributed by atoms with Gasteiger partial charge in [-0.05, 0) is 30.9 Å². The minimum atomic E-state index is 0.572. The fraction of sp³-hybridized carbons (Fsp3) is 0.533. The molecule has 1 aromatic carbocycles. The van der Waals surface area contributed by atoms with Crippen LogP contribution in [0.5, 0.6) is 0 Å². The number of benzene rings is 1. The van der Waals surface area contributed by atoms with E-state index in [9.17, 15) is 0 Å². The lowest BCUT2D eigenvalue weighted by molar-refractivity contribution is 0.362. The van der Waals surface area contributed by atoms with E-state index in [0.717, 1.165) is 18.2 Å². The van der Waals surface area contributed by atoms with Gasteiger partial charge in [0, 0.05) is 13.6 Å². The second-order valence-corrected chi connectivity index (χ2v) is 5.23. The Morgan fingerprint density at radius 3 is 2.72 bits per heavy atom. The summed E-state index contributed by atoms with van der Waals surface area (Å²) in [5.74, 6) is 0.772. The maximum atomic E-state index is 9.00. The fourth-order valence-electron chi connectivity index (χ4n) is 2.84. The van der Waals surface area contributed by atoms with Gasteiger partial charge < -0.3 is 10.6 Å². The van der Waals surface area contributed by atoms with E-state index in [-0.39, 0.29) is 0 Å². The first-order chi connectivity index (χ1) is 8.72. The molecular formula is C15H21N3. The first-order valence-corrected chi connectivity index (χ1v) is 6.72. The number of para-hydroxylation sites is 1. The zero-order valence-corrected chi connectivity index (χ0v) is 11.0. The number of nitrogens with zero attached hydrogens (tertiary/aromatic N) is 2. The highest BCUT2D eigenvalue weighted by atomic mass is 15.1. The molecule has 1 aliphatic carbocycles. The van der Waals surface area contributed by atoms with Crippen LogP contribution in [0, 0.1) is 17.2 Å². The van der Waals surface area contributed by atoms with E-state index in [1.54, 1.807) is 6.07 Å². The van der Waals surface area contributed by atoms with Gasteiger partial charge in [0.25, 0.3) is 0 Å². The molecule has 96 valence electrons. The summed E-state index contributed by atoms with van der Waals surface area (Å²) in [4.78, 5) is 2.20. The molecule has 0 saturated heterocycles. The number of nitrogen functional groups attached to an aromatic ring is 1. The molecule has 18 heavy (non-hydrogen) atoms. The average Bonchev–Trinajstić information content (AvgIpc) is 2.40. The summed E-state index contributed by atoms with van der Waals surface area (Å²) < 4.78 is 0. The number of hydrogen-bond donors (Lipinski definition) is 1. The van der Waals surface area contributed by atoms with Crippen LogP contribution in [-0.2, 0) is 0 Å². The number of nitrogens with two attached hydrogens (primary N) is 1. The molecule has 3 heteroatoms.